The molecule has 4 amide bonds. The third-order valence-electron chi connectivity index (χ3n) is 19.4. The predicted octanol–water partition coefficient (Wildman–Crippen LogP) is 26.6. The number of hydrogen-bond donors (Lipinski definition) is 4. The lowest BCUT2D eigenvalue weighted by atomic mass is 10.0. The van der Waals surface area contributed by atoms with Crippen LogP contribution in [0.25, 0.3) is 0 Å². The van der Waals surface area contributed by atoms with E-state index in [0.29, 0.717) is 38.8 Å². The van der Waals surface area contributed by atoms with Crippen molar-refractivity contribution in [1.82, 2.24) is 21.3 Å². The van der Waals surface area contributed by atoms with Gasteiger partial charge in [-0.2, -0.15) is 0 Å². The van der Waals surface area contributed by atoms with Crippen LogP contribution in [0.1, 0.15) is 490 Å². The summed E-state index contributed by atoms with van der Waals surface area (Å²) in [5.41, 5.74) is 0. The molecule has 0 aromatic heterocycles. The molecular formula is C83H166N4O4. The first-order valence-electron chi connectivity index (χ1n) is 42.0. The van der Waals surface area contributed by atoms with Crippen LogP contribution in [-0.4, -0.2) is 43.4 Å². The van der Waals surface area contributed by atoms with Crippen molar-refractivity contribution in [2.24, 2.45) is 0 Å². The Morgan fingerprint density at radius 3 is 0.396 bits per heavy atom. The molecule has 8 heteroatoms. The summed E-state index contributed by atoms with van der Waals surface area (Å²) in [5, 5.41) is 11.6. The molecule has 0 aliphatic heterocycles. The van der Waals surface area contributed by atoms with Crippen LogP contribution in [0, 0.1) is 0 Å². The topological polar surface area (TPSA) is 116 Å². The van der Waals surface area contributed by atoms with E-state index in [1.807, 2.05) is 0 Å². The van der Waals surface area contributed by atoms with E-state index in [4.69, 9.17) is 0 Å². The van der Waals surface area contributed by atoms with Gasteiger partial charge in [0.1, 0.15) is 0 Å². The number of amides is 4. The van der Waals surface area contributed by atoms with Gasteiger partial charge in [0, 0.05) is 38.8 Å². The van der Waals surface area contributed by atoms with Crippen LogP contribution in [0.4, 0.5) is 0 Å². The van der Waals surface area contributed by atoms with Gasteiger partial charge in [0.05, 0.1) is 6.67 Å². The molecule has 0 aromatic carbocycles. The molecule has 0 unspecified atom stereocenters. The van der Waals surface area contributed by atoms with Gasteiger partial charge in [-0.1, -0.05) is 439 Å². The summed E-state index contributed by atoms with van der Waals surface area (Å²) >= 11 is 0. The van der Waals surface area contributed by atoms with Crippen LogP contribution < -0.4 is 21.3 Å². The van der Waals surface area contributed by atoms with Crippen molar-refractivity contribution < 1.29 is 19.2 Å². The molecule has 0 saturated carbocycles. The van der Waals surface area contributed by atoms with Gasteiger partial charge in [0.25, 0.3) is 0 Å². The van der Waals surface area contributed by atoms with E-state index >= 15 is 0 Å². The van der Waals surface area contributed by atoms with Crippen molar-refractivity contribution in [3.05, 3.63) is 0 Å². The van der Waals surface area contributed by atoms with Crippen LogP contribution in [0.5, 0.6) is 0 Å². The fourth-order valence-corrected chi connectivity index (χ4v) is 13.0. The monoisotopic (exact) mass is 1280 g/mol. The second-order valence-electron chi connectivity index (χ2n) is 28.7. The Bertz CT molecular complexity index is 1310. The summed E-state index contributed by atoms with van der Waals surface area (Å²) in [5.74, 6) is 0.384. The fraction of sp³-hybridized carbons (Fsp3) is 0.952. The lowest BCUT2D eigenvalue weighted by molar-refractivity contribution is -0.123. The molecule has 0 saturated heterocycles. The molecular weight excluding hydrogens is 1120 g/mol. The Labute approximate surface area is 571 Å². The lowest BCUT2D eigenvalue weighted by Crippen LogP contribution is -2.37. The van der Waals surface area contributed by atoms with E-state index in [0.717, 1.165) is 51.4 Å². The smallest absolute Gasteiger partial charge is 0.221 e. The number of hydrogen-bond acceptors (Lipinski definition) is 4. The molecule has 0 heterocycles. The third kappa shape index (κ3) is 85.9. The molecule has 0 bridgehead atoms. The molecule has 8 nitrogen and oxygen atoms in total. The van der Waals surface area contributed by atoms with Gasteiger partial charge in [-0.05, 0) is 25.7 Å². The van der Waals surface area contributed by atoms with E-state index in [9.17, 15) is 19.2 Å². The van der Waals surface area contributed by atoms with Crippen LogP contribution in [0.3, 0.4) is 0 Å². The molecule has 0 fully saturated rings. The normalized spacial score (nSPS) is 11.3. The Balaban J connectivity index is 0. The zero-order chi connectivity index (χ0) is 66.2. The van der Waals surface area contributed by atoms with Gasteiger partial charge in [0.2, 0.25) is 23.6 Å². The largest absolute Gasteiger partial charge is 0.354 e. The minimum Gasteiger partial charge on any atom is -0.354 e. The van der Waals surface area contributed by atoms with Crippen molar-refractivity contribution in [2.45, 2.75) is 490 Å². The fourth-order valence-electron chi connectivity index (χ4n) is 13.0. The number of rotatable bonds is 77. The summed E-state index contributed by atoms with van der Waals surface area (Å²) in [7, 11) is 0. The second kappa shape index (κ2) is 84.0. The SMILES string of the molecule is CCCCCCCCCCCCCCCCCCCC(=O)NCCNC(=O)CCCCCCCCCCCCCCCCCCC.CCCCCCCCCCCCCCCCCCCC(=O)NCNC(=O)CCCCCCCCCCCCCCCCCCC. The average molecular weight is 1280 g/mol. The number of unbranched alkanes of at least 4 members (excludes halogenated alkanes) is 64. The average Bonchev–Trinajstić information content (AvgIpc) is 3.55. The number of carbonyl (C=O) groups is 4. The van der Waals surface area contributed by atoms with Gasteiger partial charge in [0.15, 0.2) is 0 Å². The van der Waals surface area contributed by atoms with Gasteiger partial charge in [-0.3, -0.25) is 19.2 Å². The molecule has 0 rings (SSSR count). The van der Waals surface area contributed by atoms with Crippen molar-refractivity contribution in [1.29, 1.82) is 0 Å². The summed E-state index contributed by atoms with van der Waals surface area (Å²) in [6.07, 6.45) is 94.4. The van der Waals surface area contributed by atoms with Crippen LogP contribution in [0.15, 0.2) is 0 Å². The molecule has 0 atom stereocenters. The van der Waals surface area contributed by atoms with Crippen LogP contribution >= 0.6 is 0 Å². The second-order valence-corrected chi connectivity index (χ2v) is 28.7. The maximum Gasteiger partial charge on any atom is 0.221 e. The molecule has 542 valence electrons. The first-order valence-corrected chi connectivity index (χ1v) is 42.0. The highest BCUT2D eigenvalue weighted by molar-refractivity contribution is 5.78. The van der Waals surface area contributed by atoms with E-state index in [1.165, 1.54) is 385 Å². The summed E-state index contributed by atoms with van der Waals surface area (Å²) < 4.78 is 0. The van der Waals surface area contributed by atoms with E-state index < -0.39 is 0 Å². The molecule has 0 radical (unpaired) electrons. The van der Waals surface area contributed by atoms with Gasteiger partial charge in [-0.15, -0.1) is 0 Å². The van der Waals surface area contributed by atoms with Crippen molar-refractivity contribution >= 4 is 23.6 Å². The lowest BCUT2D eigenvalue weighted by Gasteiger charge is -2.08. The molecule has 91 heavy (non-hydrogen) atoms. The van der Waals surface area contributed by atoms with Gasteiger partial charge < -0.3 is 21.3 Å². The summed E-state index contributed by atoms with van der Waals surface area (Å²) in [6.45, 7) is 10.5. The standard InChI is InChI=1S/C42H84N2O2.C41H82N2O2/c1-3-5-7-9-11-13-15-17-19-21-23-25-27-29-31-33-35-37-41(45)43-39-40-44-42(46)38-36-34-32-30-28-26-24-22-20-18-16-14-12-10-8-6-4-2;1-3-5-7-9-11-13-15-17-19-21-23-25-27-29-31-33-35-37-40(44)42-39-43-41(45)38-36-34-32-30-28-26-24-22-20-18-16-14-12-10-8-6-4-2/h3-40H2,1-2H3,(H,43,45)(H,44,46);3-39H2,1-2H3,(H,42,44)(H,43,45). The molecule has 0 aliphatic carbocycles. The molecule has 0 aliphatic rings. The zero-order valence-corrected chi connectivity index (χ0v) is 62.7. The van der Waals surface area contributed by atoms with Crippen LogP contribution in [0.2, 0.25) is 0 Å². The molecule has 0 aromatic rings. The van der Waals surface area contributed by atoms with Gasteiger partial charge >= 0.3 is 0 Å². The Hall–Kier alpha value is -2.12. The van der Waals surface area contributed by atoms with Crippen molar-refractivity contribution in [3.8, 4) is 0 Å². The van der Waals surface area contributed by atoms with E-state index in [1.54, 1.807) is 0 Å². The molecule has 4 N–H and O–H groups in total. The minimum absolute atomic E-state index is 0.0639. The summed E-state index contributed by atoms with van der Waals surface area (Å²) in [4.78, 5) is 48.2. The maximum absolute atomic E-state index is 12.1. The van der Waals surface area contributed by atoms with Crippen molar-refractivity contribution in [2.75, 3.05) is 19.8 Å². The highest BCUT2D eigenvalue weighted by Gasteiger charge is 2.07. The van der Waals surface area contributed by atoms with Crippen molar-refractivity contribution in [3.63, 3.8) is 0 Å². The Morgan fingerprint density at radius 1 is 0.154 bits per heavy atom. The van der Waals surface area contributed by atoms with Crippen LogP contribution in [-0.2, 0) is 19.2 Å². The van der Waals surface area contributed by atoms with Gasteiger partial charge in [-0.25, -0.2) is 0 Å². The maximum atomic E-state index is 12.1. The minimum atomic E-state index is 0.0639. The Kier molecular flexibility index (Phi) is 83.9. The van der Waals surface area contributed by atoms with E-state index in [-0.39, 0.29) is 30.3 Å². The number of nitrogens with one attached hydrogen (secondary N) is 4. The highest BCUT2D eigenvalue weighted by Crippen LogP contribution is 2.19. The molecule has 0 spiro atoms. The highest BCUT2D eigenvalue weighted by atomic mass is 16.2. The first-order chi connectivity index (χ1) is 44.9. The quantitative estimate of drug-likeness (QED) is 0.0359. The summed E-state index contributed by atoms with van der Waals surface area (Å²) in [6, 6.07) is 0. The zero-order valence-electron chi connectivity index (χ0n) is 62.7. The first kappa shape index (κ1) is 90.9. The van der Waals surface area contributed by atoms with E-state index in [2.05, 4.69) is 49.0 Å². The third-order valence-corrected chi connectivity index (χ3v) is 19.4. The Morgan fingerprint density at radius 2 is 0.264 bits per heavy atom. The number of carbonyl (C=O) groups excluding carboxylic acids is 4. The predicted molar refractivity (Wildman–Crippen MR) is 402 cm³/mol.